The molecule has 30 heavy (non-hydrogen) atoms. The minimum Gasteiger partial charge on any atom is -0.391 e. The van der Waals surface area contributed by atoms with Gasteiger partial charge in [0, 0.05) is 22.0 Å². The maximum Gasteiger partial charge on any atom is 0.142 e. The molecule has 0 spiro atoms. The number of rotatable bonds is 6. The molecular weight excluding hydrogens is 392 g/mol. The molecule has 0 atom stereocenters. The van der Waals surface area contributed by atoms with Gasteiger partial charge in [-0.2, -0.15) is 0 Å². The van der Waals surface area contributed by atoms with Crippen LogP contribution in [0.3, 0.4) is 0 Å². The number of aromatic nitrogens is 1. The molecule has 4 rings (SSSR count). The van der Waals surface area contributed by atoms with Crippen LogP contribution in [-0.4, -0.2) is 10.3 Å². The lowest BCUT2D eigenvalue weighted by molar-refractivity contribution is 0.130. The van der Waals surface area contributed by atoms with Gasteiger partial charge in [0.15, 0.2) is 0 Å². The molecule has 0 aliphatic carbocycles. The van der Waals surface area contributed by atoms with Crippen molar-refractivity contribution in [2.45, 2.75) is 20.5 Å². The normalized spacial score (nSPS) is 11.5. The third-order valence-electron chi connectivity index (χ3n) is 5.05. The zero-order valence-electron chi connectivity index (χ0n) is 17.0. The van der Waals surface area contributed by atoms with E-state index in [0.717, 1.165) is 39.5 Å². The highest BCUT2D eigenvalue weighted by Crippen LogP contribution is 2.30. The number of halogens is 1. The maximum absolute atomic E-state index is 6.28. The predicted octanol–water partition coefficient (Wildman–Crippen LogP) is 7.05. The van der Waals surface area contributed by atoms with Crippen LogP contribution in [0.25, 0.3) is 16.9 Å². The molecule has 3 aromatic carbocycles. The fourth-order valence-corrected chi connectivity index (χ4v) is 3.75. The van der Waals surface area contributed by atoms with E-state index in [4.69, 9.17) is 16.4 Å². The van der Waals surface area contributed by atoms with Crippen LogP contribution >= 0.6 is 11.6 Å². The number of hydrogen-bond donors (Lipinski definition) is 0. The summed E-state index contributed by atoms with van der Waals surface area (Å²) >= 11 is 6.28. The Balaban J connectivity index is 1.73. The second kappa shape index (κ2) is 9.02. The zero-order valence-corrected chi connectivity index (χ0v) is 17.8. The van der Waals surface area contributed by atoms with Crippen LogP contribution in [0.1, 0.15) is 23.7 Å². The van der Waals surface area contributed by atoms with Gasteiger partial charge in [-0.1, -0.05) is 83.5 Å². The monoisotopic (exact) mass is 414 g/mol. The number of oxime groups is 1. The van der Waals surface area contributed by atoms with E-state index in [1.165, 1.54) is 0 Å². The summed E-state index contributed by atoms with van der Waals surface area (Å²) in [6.45, 7) is 4.51. The van der Waals surface area contributed by atoms with Crippen molar-refractivity contribution in [2.24, 2.45) is 5.16 Å². The van der Waals surface area contributed by atoms with Crippen molar-refractivity contribution in [3.8, 4) is 16.9 Å². The highest BCUT2D eigenvalue weighted by Gasteiger charge is 2.17. The van der Waals surface area contributed by atoms with Gasteiger partial charge in [0.05, 0.1) is 11.4 Å². The Morgan fingerprint density at radius 2 is 1.60 bits per heavy atom. The minimum absolute atomic E-state index is 0.442. The molecule has 3 nitrogen and oxygen atoms in total. The molecular formula is C26H23ClN2O. The smallest absolute Gasteiger partial charge is 0.142 e. The molecule has 0 amide bonds. The first-order chi connectivity index (χ1) is 14.6. The molecule has 0 radical (unpaired) electrons. The van der Waals surface area contributed by atoms with Crippen LogP contribution in [0.4, 0.5) is 0 Å². The molecule has 4 aromatic rings. The van der Waals surface area contributed by atoms with Crippen LogP contribution in [-0.2, 0) is 11.4 Å². The van der Waals surface area contributed by atoms with Crippen LogP contribution in [0.5, 0.6) is 0 Å². The van der Waals surface area contributed by atoms with Gasteiger partial charge in [-0.15, -0.1) is 0 Å². The Kier molecular flexibility index (Phi) is 6.01. The van der Waals surface area contributed by atoms with Gasteiger partial charge in [0.2, 0.25) is 0 Å². The molecule has 0 saturated carbocycles. The summed E-state index contributed by atoms with van der Waals surface area (Å²) in [5.74, 6) is 0. The van der Waals surface area contributed by atoms with Crippen molar-refractivity contribution in [3.63, 3.8) is 0 Å². The zero-order chi connectivity index (χ0) is 20.9. The van der Waals surface area contributed by atoms with E-state index in [-0.39, 0.29) is 0 Å². The molecule has 150 valence electrons. The Hall–Kier alpha value is -3.30. The highest BCUT2D eigenvalue weighted by molar-refractivity contribution is 6.30. The third kappa shape index (κ3) is 4.32. The van der Waals surface area contributed by atoms with E-state index in [2.05, 4.69) is 40.9 Å². The Labute approximate surface area is 182 Å². The molecule has 0 N–H and O–H groups in total. The molecule has 1 heterocycles. The average Bonchev–Trinajstić information content (AvgIpc) is 3.12. The van der Waals surface area contributed by atoms with Crippen LogP contribution in [0, 0.1) is 6.92 Å². The molecule has 0 aliphatic rings. The highest BCUT2D eigenvalue weighted by atomic mass is 35.5. The summed E-state index contributed by atoms with van der Waals surface area (Å²) in [5.41, 5.74) is 7.28. The van der Waals surface area contributed by atoms with E-state index in [9.17, 15) is 0 Å². The first-order valence-corrected chi connectivity index (χ1v) is 10.3. The Morgan fingerprint density at radius 1 is 0.900 bits per heavy atom. The lowest BCUT2D eigenvalue weighted by Crippen LogP contribution is -2.02. The maximum atomic E-state index is 6.28. The van der Waals surface area contributed by atoms with E-state index in [1.807, 2.05) is 73.7 Å². The number of benzene rings is 3. The summed E-state index contributed by atoms with van der Waals surface area (Å²) in [5, 5.41) is 5.09. The van der Waals surface area contributed by atoms with E-state index >= 15 is 0 Å². The van der Waals surface area contributed by atoms with E-state index in [0.29, 0.717) is 11.6 Å². The van der Waals surface area contributed by atoms with Crippen molar-refractivity contribution < 1.29 is 4.84 Å². The lowest BCUT2D eigenvalue weighted by atomic mass is 10.1. The molecule has 0 saturated heterocycles. The molecule has 4 heteroatoms. The second-order valence-corrected chi connectivity index (χ2v) is 7.58. The van der Waals surface area contributed by atoms with Crippen LogP contribution in [0.2, 0.25) is 5.02 Å². The van der Waals surface area contributed by atoms with Crippen LogP contribution < -0.4 is 0 Å². The SMILES string of the molecule is CC(=NOCc1ccccc1)c1cc(-c2ccccc2)n(-c2cccc(Cl)c2)c1C. The molecule has 0 aliphatic heterocycles. The third-order valence-corrected chi connectivity index (χ3v) is 5.28. The van der Waals surface area contributed by atoms with Gasteiger partial charge in [-0.05, 0) is 49.2 Å². The topological polar surface area (TPSA) is 26.5 Å². The molecule has 1 aromatic heterocycles. The van der Waals surface area contributed by atoms with Crippen molar-refractivity contribution in [2.75, 3.05) is 0 Å². The Morgan fingerprint density at radius 3 is 2.30 bits per heavy atom. The van der Waals surface area contributed by atoms with Gasteiger partial charge < -0.3 is 9.40 Å². The molecule has 0 bridgehead atoms. The van der Waals surface area contributed by atoms with Crippen molar-refractivity contribution >= 4 is 17.3 Å². The van der Waals surface area contributed by atoms with Gasteiger partial charge in [-0.25, -0.2) is 0 Å². The number of hydrogen-bond acceptors (Lipinski definition) is 2. The average molecular weight is 415 g/mol. The summed E-state index contributed by atoms with van der Waals surface area (Å²) < 4.78 is 2.22. The van der Waals surface area contributed by atoms with Crippen molar-refractivity contribution in [3.05, 3.63) is 113 Å². The van der Waals surface area contributed by atoms with Gasteiger partial charge in [-0.3, -0.25) is 0 Å². The van der Waals surface area contributed by atoms with E-state index in [1.54, 1.807) is 0 Å². The van der Waals surface area contributed by atoms with E-state index < -0.39 is 0 Å². The fourth-order valence-electron chi connectivity index (χ4n) is 3.57. The van der Waals surface area contributed by atoms with Gasteiger partial charge in [0.25, 0.3) is 0 Å². The fraction of sp³-hybridized carbons (Fsp3) is 0.115. The lowest BCUT2D eigenvalue weighted by Gasteiger charge is -2.13. The minimum atomic E-state index is 0.442. The van der Waals surface area contributed by atoms with Crippen molar-refractivity contribution in [1.82, 2.24) is 4.57 Å². The summed E-state index contributed by atoms with van der Waals surface area (Å²) in [6.07, 6.45) is 0. The summed E-state index contributed by atoms with van der Waals surface area (Å²) in [6, 6.07) is 30.4. The van der Waals surface area contributed by atoms with Crippen LogP contribution in [0.15, 0.2) is 96.2 Å². The quantitative estimate of drug-likeness (QED) is 0.245. The second-order valence-electron chi connectivity index (χ2n) is 7.15. The molecule has 0 unspecified atom stereocenters. The first-order valence-electron chi connectivity index (χ1n) is 9.88. The summed E-state index contributed by atoms with van der Waals surface area (Å²) in [4.78, 5) is 5.63. The Bertz CT molecular complexity index is 1160. The first kappa shape index (κ1) is 20.0. The predicted molar refractivity (Wildman–Crippen MR) is 124 cm³/mol. The molecule has 0 fully saturated rings. The summed E-state index contributed by atoms with van der Waals surface area (Å²) in [7, 11) is 0. The van der Waals surface area contributed by atoms with Gasteiger partial charge >= 0.3 is 0 Å². The van der Waals surface area contributed by atoms with Gasteiger partial charge in [0.1, 0.15) is 6.61 Å². The number of nitrogens with zero attached hydrogens (tertiary/aromatic N) is 2. The van der Waals surface area contributed by atoms with Crippen molar-refractivity contribution in [1.29, 1.82) is 0 Å². The standard InChI is InChI=1S/C26H23ClN2O/c1-19(28-30-18-21-10-5-3-6-11-21)25-17-26(22-12-7-4-8-13-22)29(20(25)2)24-15-9-14-23(27)16-24/h3-17H,18H2,1-2H3. The largest absolute Gasteiger partial charge is 0.391 e.